The largest absolute Gasteiger partial charge is 0.469 e. The third-order valence-electron chi connectivity index (χ3n) is 4.38. The normalized spacial score (nSPS) is 12.0. The summed E-state index contributed by atoms with van der Waals surface area (Å²) in [5.74, 6) is 0.557. The quantitative estimate of drug-likeness (QED) is 0.316. The number of hydrogen-bond donors (Lipinski definition) is 0. The average molecular weight is 318 g/mol. The van der Waals surface area contributed by atoms with E-state index in [9.17, 15) is 9.59 Å². The van der Waals surface area contributed by atoms with Crippen LogP contribution in [0.5, 0.6) is 0 Å². The number of unbranched alkanes of at least 4 members (excludes halogenated alkanes) is 5. The highest BCUT2D eigenvalue weighted by Crippen LogP contribution is 2.22. The van der Waals surface area contributed by atoms with Crippen LogP contribution in [0.3, 0.4) is 0 Å². The molecular formula is C20H30O3. The van der Waals surface area contributed by atoms with E-state index in [1.807, 2.05) is 12.1 Å². The van der Waals surface area contributed by atoms with Gasteiger partial charge in [0.1, 0.15) is 0 Å². The van der Waals surface area contributed by atoms with Crippen molar-refractivity contribution in [2.45, 2.75) is 71.1 Å². The Labute approximate surface area is 140 Å². The van der Waals surface area contributed by atoms with Gasteiger partial charge < -0.3 is 4.74 Å². The zero-order valence-electron chi connectivity index (χ0n) is 14.8. The van der Waals surface area contributed by atoms with Gasteiger partial charge in [-0.1, -0.05) is 63.3 Å². The van der Waals surface area contributed by atoms with Crippen molar-refractivity contribution in [2.75, 3.05) is 7.11 Å². The zero-order chi connectivity index (χ0) is 17.1. The molecule has 0 spiro atoms. The topological polar surface area (TPSA) is 43.4 Å². The van der Waals surface area contributed by atoms with Crippen molar-refractivity contribution in [3.05, 3.63) is 35.4 Å². The first-order chi connectivity index (χ1) is 11.0. The summed E-state index contributed by atoms with van der Waals surface area (Å²) < 4.78 is 4.63. The Hall–Kier alpha value is -1.64. The molecule has 0 aromatic heterocycles. The second-order valence-electron chi connectivity index (χ2n) is 6.32. The minimum absolute atomic E-state index is 0.102. The third-order valence-corrected chi connectivity index (χ3v) is 4.38. The summed E-state index contributed by atoms with van der Waals surface area (Å²) in [7, 11) is 1.44. The maximum atomic E-state index is 11.3. The zero-order valence-corrected chi connectivity index (χ0v) is 14.8. The summed E-state index contributed by atoms with van der Waals surface area (Å²) in [6, 6.07) is 8.01. The Balaban J connectivity index is 2.11. The van der Waals surface area contributed by atoms with Crippen LogP contribution in [-0.4, -0.2) is 18.9 Å². The molecule has 3 nitrogen and oxygen atoms in total. The minimum Gasteiger partial charge on any atom is -0.469 e. The molecule has 0 saturated heterocycles. The van der Waals surface area contributed by atoms with Crippen LogP contribution >= 0.6 is 0 Å². The minimum atomic E-state index is -0.102. The van der Waals surface area contributed by atoms with Gasteiger partial charge in [-0.25, -0.2) is 0 Å². The number of rotatable bonds is 11. The molecule has 0 saturated carbocycles. The molecule has 0 amide bonds. The van der Waals surface area contributed by atoms with Crippen LogP contribution in [-0.2, 0) is 9.53 Å². The summed E-state index contributed by atoms with van der Waals surface area (Å²) in [6.07, 6.45) is 8.67. The number of hydrogen-bond acceptors (Lipinski definition) is 3. The van der Waals surface area contributed by atoms with Crippen molar-refractivity contribution < 1.29 is 14.3 Å². The van der Waals surface area contributed by atoms with Crippen LogP contribution in [0, 0.1) is 0 Å². The standard InChI is InChI=1S/C20H30O3/c1-16(18-12-14-19(15-13-18)17(2)21)10-8-6-4-5-7-9-11-20(22)23-3/h12-16H,4-11H2,1-3H3. The lowest BCUT2D eigenvalue weighted by Crippen LogP contribution is -1.99. The van der Waals surface area contributed by atoms with Gasteiger partial charge in [-0.05, 0) is 31.2 Å². The van der Waals surface area contributed by atoms with Crippen molar-refractivity contribution in [2.24, 2.45) is 0 Å². The highest BCUT2D eigenvalue weighted by molar-refractivity contribution is 5.94. The predicted octanol–water partition coefficient (Wildman–Crippen LogP) is 5.29. The van der Waals surface area contributed by atoms with E-state index in [0.29, 0.717) is 12.3 Å². The fourth-order valence-corrected chi connectivity index (χ4v) is 2.74. The van der Waals surface area contributed by atoms with E-state index < -0.39 is 0 Å². The van der Waals surface area contributed by atoms with Gasteiger partial charge in [0, 0.05) is 12.0 Å². The van der Waals surface area contributed by atoms with Crippen LogP contribution in [0.25, 0.3) is 0 Å². The molecule has 1 aromatic carbocycles. The van der Waals surface area contributed by atoms with E-state index in [1.54, 1.807) is 6.92 Å². The molecule has 3 heteroatoms. The maximum absolute atomic E-state index is 11.3. The van der Waals surface area contributed by atoms with E-state index in [-0.39, 0.29) is 11.8 Å². The van der Waals surface area contributed by atoms with E-state index in [0.717, 1.165) is 18.4 Å². The lowest BCUT2D eigenvalue weighted by atomic mass is 9.93. The summed E-state index contributed by atoms with van der Waals surface area (Å²) in [4.78, 5) is 22.2. The molecule has 1 rings (SSSR count). The lowest BCUT2D eigenvalue weighted by Gasteiger charge is -2.12. The third kappa shape index (κ3) is 7.96. The van der Waals surface area contributed by atoms with Crippen LogP contribution < -0.4 is 0 Å². The molecule has 0 radical (unpaired) electrons. The van der Waals surface area contributed by atoms with Gasteiger partial charge in [0.05, 0.1) is 7.11 Å². The van der Waals surface area contributed by atoms with Crippen molar-refractivity contribution in [3.8, 4) is 0 Å². The molecule has 0 aliphatic carbocycles. The first kappa shape index (κ1) is 19.4. The summed E-state index contributed by atoms with van der Waals surface area (Å²) in [6.45, 7) is 3.85. The molecule has 1 aromatic rings. The van der Waals surface area contributed by atoms with Crippen molar-refractivity contribution in [1.82, 2.24) is 0 Å². The summed E-state index contributed by atoms with van der Waals surface area (Å²) in [5, 5.41) is 0. The number of benzene rings is 1. The molecule has 1 unspecified atom stereocenters. The van der Waals surface area contributed by atoms with E-state index >= 15 is 0 Å². The van der Waals surface area contributed by atoms with Crippen LogP contribution in [0.1, 0.15) is 87.1 Å². The number of ketones is 1. The monoisotopic (exact) mass is 318 g/mol. The molecular weight excluding hydrogens is 288 g/mol. The van der Waals surface area contributed by atoms with Crippen LogP contribution in [0.15, 0.2) is 24.3 Å². The molecule has 1 atom stereocenters. The van der Waals surface area contributed by atoms with Crippen molar-refractivity contribution >= 4 is 11.8 Å². The van der Waals surface area contributed by atoms with Crippen molar-refractivity contribution in [3.63, 3.8) is 0 Å². The Morgan fingerprint density at radius 1 is 0.957 bits per heavy atom. The number of ether oxygens (including phenoxy) is 1. The van der Waals surface area contributed by atoms with Gasteiger partial charge in [-0.3, -0.25) is 9.59 Å². The van der Waals surface area contributed by atoms with Crippen LogP contribution in [0.2, 0.25) is 0 Å². The predicted molar refractivity (Wildman–Crippen MR) is 93.8 cm³/mol. The fourth-order valence-electron chi connectivity index (χ4n) is 2.74. The number of esters is 1. The number of carbonyl (C=O) groups is 2. The van der Waals surface area contributed by atoms with Gasteiger partial charge in [-0.15, -0.1) is 0 Å². The number of methoxy groups -OCH3 is 1. The Kier molecular flexibility index (Phi) is 9.27. The molecule has 128 valence electrons. The van der Waals surface area contributed by atoms with Gasteiger partial charge in [-0.2, -0.15) is 0 Å². The Bertz CT molecular complexity index is 476. The molecule has 0 heterocycles. The second-order valence-corrected chi connectivity index (χ2v) is 6.32. The van der Waals surface area contributed by atoms with Crippen LogP contribution in [0.4, 0.5) is 0 Å². The van der Waals surface area contributed by atoms with Gasteiger partial charge in [0.25, 0.3) is 0 Å². The first-order valence-electron chi connectivity index (χ1n) is 8.72. The summed E-state index contributed by atoms with van der Waals surface area (Å²) >= 11 is 0. The fraction of sp³-hybridized carbons (Fsp3) is 0.600. The first-order valence-corrected chi connectivity index (χ1v) is 8.72. The number of Topliss-reactive ketones (excluding diaryl/α,β-unsaturated/α-hetero) is 1. The van der Waals surface area contributed by atoms with E-state index in [4.69, 9.17) is 0 Å². The van der Waals surface area contributed by atoms with Gasteiger partial charge >= 0.3 is 5.97 Å². The lowest BCUT2D eigenvalue weighted by molar-refractivity contribution is -0.140. The van der Waals surface area contributed by atoms with Gasteiger partial charge in [0.2, 0.25) is 0 Å². The second kappa shape index (κ2) is 11.0. The highest BCUT2D eigenvalue weighted by Gasteiger charge is 2.06. The highest BCUT2D eigenvalue weighted by atomic mass is 16.5. The Morgan fingerprint density at radius 2 is 1.52 bits per heavy atom. The molecule has 0 aliphatic rings. The average Bonchev–Trinajstić information content (AvgIpc) is 2.56. The molecule has 0 fully saturated rings. The van der Waals surface area contributed by atoms with Gasteiger partial charge in [0.15, 0.2) is 5.78 Å². The van der Waals surface area contributed by atoms with E-state index in [2.05, 4.69) is 23.8 Å². The number of carbonyl (C=O) groups excluding carboxylic acids is 2. The molecule has 23 heavy (non-hydrogen) atoms. The SMILES string of the molecule is COC(=O)CCCCCCCCC(C)c1ccc(C(C)=O)cc1. The molecule has 0 bridgehead atoms. The Morgan fingerprint density at radius 3 is 2.09 bits per heavy atom. The summed E-state index contributed by atoms with van der Waals surface area (Å²) in [5.41, 5.74) is 2.10. The van der Waals surface area contributed by atoms with Crippen molar-refractivity contribution in [1.29, 1.82) is 0 Å². The smallest absolute Gasteiger partial charge is 0.305 e. The molecule has 0 N–H and O–H groups in total. The van der Waals surface area contributed by atoms with E-state index in [1.165, 1.54) is 44.8 Å². The molecule has 0 aliphatic heterocycles. The maximum Gasteiger partial charge on any atom is 0.305 e.